The van der Waals surface area contributed by atoms with Crippen LogP contribution in [-0.2, 0) is 4.79 Å². The number of hydrogen-bond acceptors (Lipinski definition) is 5. The number of aliphatic carboxylic acids is 1. The minimum atomic E-state index is -0.833. The smallest absolute Gasteiger partial charge is 0.321 e. The van der Waals surface area contributed by atoms with Crippen molar-refractivity contribution in [3.63, 3.8) is 0 Å². The fourth-order valence-electron chi connectivity index (χ4n) is 3.45. The number of aromatic nitrogens is 3. The molecule has 2 saturated carbocycles. The van der Waals surface area contributed by atoms with Crippen LogP contribution in [0.15, 0.2) is 12.4 Å². The Hall–Kier alpha value is -2.25. The van der Waals surface area contributed by atoms with Gasteiger partial charge in [0, 0.05) is 6.04 Å². The van der Waals surface area contributed by atoms with Gasteiger partial charge in [0.2, 0.25) is 0 Å². The fraction of sp³-hybridized carbons (Fsp3) is 0.583. The molecule has 4 unspecified atom stereocenters. The van der Waals surface area contributed by atoms with Gasteiger partial charge in [-0.05, 0) is 31.1 Å². The minimum absolute atomic E-state index is 0.0973. The molecule has 0 radical (unpaired) electrons. The highest BCUT2D eigenvalue weighted by Crippen LogP contribution is 2.48. The van der Waals surface area contributed by atoms with E-state index in [1.807, 2.05) is 0 Å². The summed E-state index contributed by atoms with van der Waals surface area (Å²) in [5.41, 5.74) is 0. The molecule has 0 aliphatic heterocycles. The summed E-state index contributed by atoms with van der Waals surface area (Å²) in [7, 11) is 0. The molecule has 106 valence electrons. The molecule has 2 amide bonds. The number of rotatable bonds is 3. The second-order valence-electron chi connectivity index (χ2n) is 5.29. The summed E-state index contributed by atoms with van der Waals surface area (Å²) in [4.78, 5) is 27.1. The van der Waals surface area contributed by atoms with Gasteiger partial charge in [-0.15, -0.1) is 5.10 Å². The highest BCUT2D eigenvalue weighted by Gasteiger charge is 2.51. The number of carboxylic acids is 1. The lowest BCUT2D eigenvalue weighted by Crippen LogP contribution is -2.48. The largest absolute Gasteiger partial charge is 0.481 e. The zero-order valence-corrected chi connectivity index (χ0v) is 10.7. The number of carbonyl (C=O) groups is 2. The highest BCUT2D eigenvalue weighted by molar-refractivity contribution is 5.88. The molecule has 2 fully saturated rings. The molecule has 20 heavy (non-hydrogen) atoms. The van der Waals surface area contributed by atoms with Gasteiger partial charge in [0.1, 0.15) is 0 Å². The van der Waals surface area contributed by atoms with Crippen LogP contribution in [0.2, 0.25) is 0 Å². The first-order valence-corrected chi connectivity index (χ1v) is 6.59. The molecule has 3 N–H and O–H groups in total. The van der Waals surface area contributed by atoms with Crippen molar-refractivity contribution in [2.45, 2.75) is 25.3 Å². The Balaban J connectivity index is 1.65. The number of hydrogen-bond donors (Lipinski definition) is 3. The van der Waals surface area contributed by atoms with Crippen molar-refractivity contribution in [3.8, 4) is 0 Å². The van der Waals surface area contributed by atoms with Gasteiger partial charge in [-0.2, -0.15) is 5.10 Å². The lowest BCUT2D eigenvalue weighted by atomic mass is 9.84. The van der Waals surface area contributed by atoms with Crippen LogP contribution in [0.4, 0.5) is 10.7 Å². The van der Waals surface area contributed by atoms with E-state index in [2.05, 4.69) is 25.8 Å². The van der Waals surface area contributed by atoms with Gasteiger partial charge in [0.05, 0.1) is 18.3 Å². The van der Waals surface area contributed by atoms with Crippen LogP contribution in [0.3, 0.4) is 0 Å². The second-order valence-corrected chi connectivity index (χ2v) is 5.29. The zero-order chi connectivity index (χ0) is 14.1. The van der Waals surface area contributed by atoms with Crippen molar-refractivity contribution >= 4 is 17.9 Å². The average Bonchev–Trinajstić information content (AvgIpc) is 3.00. The summed E-state index contributed by atoms with van der Waals surface area (Å²) in [5, 5.41) is 21.8. The highest BCUT2D eigenvalue weighted by atomic mass is 16.4. The monoisotopic (exact) mass is 277 g/mol. The molecule has 1 aromatic heterocycles. The summed E-state index contributed by atoms with van der Waals surface area (Å²) < 4.78 is 0. The lowest BCUT2D eigenvalue weighted by molar-refractivity contribution is -0.144. The Morgan fingerprint density at radius 1 is 1.25 bits per heavy atom. The molecule has 2 aliphatic rings. The molecule has 3 rings (SSSR count). The van der Waals surface area contributed by atoms with Crippen molar-refractivity contribution in [2.24, 2.45) is 17.8 Å². The number of carboxylic acid groups (broad SMARTS) is 1. The van der Waals surface area contributed by atoms with Crippen LogP contribution < -0.4 is 10.6 Å². The van der Waals surface area contributed by atoms with Crippen molar-refractivity contribution in [1.82, 2.24) is 20.5 Å². The van der Waals surface area contributed by atoms with E-state index in [0.29, 0.717) is 0 Å². The van der Waals surface area contributed by atoms with Crippen molar-refractivity contribution in [2.75, 3.05) is 5.32 Å². The molecule has 0 spiro atoms. The Morgan fingerprint density at radius 2 is 2.05 bits per heavy atom. The first-order chi connectivity index (χ1) is 9.65. The van der Waals surface area contributed by atoms with Crippen LogP contribution in [-0.4, -0.2) is 38.3 Å². The fourth-order valence-corrected chi connectivity index (χ4v) is 3.45. The van der Waals surface area contributed by atoms with Crippen LogP contribution >= 0.6 is 0 Å². The Labute approximate surface area is 115 Å². The number of nitrogens with zero attached hydrogens (tertiary/aromatic N) is 3. The summed E-state index contributed by atoms with van der Waals surface area (Å²) in [6.07, 6.45) is 5.61. The molecule has 0 saturated heterocycles. The number of urea groups is 1. The van der Waals surface area contributed by atoms with E-state index in [1.165, 1.54) is 12.4 Å². The number of amides is 2. The summed E-state index contributed by atoms with van der Waals surface area (Å²) in [6, 6.07) is -0.801. The quantitative estimate of drug-likeness (QED) is 0.740. The molecule has 8 nitrogen and oxygen atoms in total. The average molecular weight is 277 g/mol. The first kappa shape index (κ1) is 12.8. The summed E-state index contributed by atoms with van der Waals surface area (Å²) in [6.45, 7) is 0. The van der Waals surface area contributed by atoms with Gasteiger partial charge in [0.15, 0.2) is 0 Å². The number of anilines is 1. The number of carbonyl (C=O) groups excluding carboxylic acids is 1. The predicted molar refractivity (Wildman–Crippen MR) is 67.7 cm³/mol. The van der Waals surface area contributed by atoms with Gasteiger partial charge < -0.3 is 10.4 Å². The molecule has 8 heteroatoms. The second kappa shape index (κ2) is 5.03. The molecule has 0 aromatic carbocycles. The molecular formula is C12H15N5O3. The third kappa shape index (κ3) is 2.28. The zero-order valence-electron chi connectivity index (χ0n) is 10.7. The topological polar surface area (TPSA) is 117 Å². The van der Waals surface area contributed by atoms with E-state index < -0.39 is 17.9 Å². The molecule has 2 aliphatic carbocycles. The molecule has 4 atom stereocenters. The van der Waals surface area contributed by atoms with E-state index in [1.54, 1.807) is 0 Å². The SMILES string of the molecule is O=C(Nc1nccnn1)NC1C2CCC(C2)C1C(=O)O. The van der Waals surface area contributed by atoms with Gasteiger partial charge in [-0.1, -0.05) is 0 Å². The van der Waals surface area contributed by atoms with E-state index in [0.717, 1.165) is 19.3 Å². The van der Waals surface area contributed by atoms with Crippen molar-refractivity contribution in [1.29, 1.82) is 0 Å². The lowest BCUT2D eigenvalue weighted by Gasteiger charge is -2.28. The van der Waals surface area contributed by atoms with Gasteiger partial charge in [-0.25, -0.2) is 9.78 Å². The van der Waals surface area contributed by atoms with Crippen LogP contribution in [0.5, 0.6) is 0 Å². The Bertz CT molecular complexity index is 523. The van der Waals surface area contributed by atoms with Gasteiger partial charge >= 0.3 is 12.0 Å². The summed E-state index contributed by atoms with van der Waals surface area (Å²) in [5.74, 6) is -0.798. The maximum atomic E-state index is 11.9. The van der Waals surface area contributed by atoms with Gasteiger partial charge in [-0.3, -0.25) is 10.1 Å². The maximum Gasteiger partial charge on any atom is 0.321 e. The van der Waals surface area contributed by atoms with Crippen molar-refractivity contribution < 1.29 is 14.7 Å². The van der Waals surface area contributed by atoms with Gasteiger partial charge in [0.25, 0.3) is 5.95 Å². The standard InChI is InChI=1S/C12H15N5O3/c18-10(19)8-6-1-2-7(5-6)9(8)15-12(20)16-11-13-3-4-14-17-11/h3-4,6-9H,1-2,5H2,(H,18,19)(H2,13,15,16,17,20). The molecule has 1 heterocycles. The van der Waals surface area contributed by atoms with Crippen LogP contribution in [0.1, 0.15) is 19.3 Å². The molecular weight excluding hydrogens is 262 g/mol. The molecule has 1 aromatic rings. The van der Waals surface area contributed by atoms with Crippen molar-refractivity contribution in [3.05, 3.63) is 12.4 Å². The minimum Gasteiger partial charge on any atom is -0.481 e. The van der Waals surface area contributed by atoms with E-state index in [4.69, 9.17) is 0 Å². The maximum absolute atomic E-state index is 11.9. The Morgan fingerprint density at radius 3 is 2.75 bits per heavy atom. The van der Waals surface area contributed by atoms with Crippen LogP contribution in [0, 0.1) is 17.8 Å². The predicted octanol–water partition coefficient (Wildman–Crippen LogP) is 0.492. The first-order valence-electron chi connectivity index (χ1n) is 6.59. The normalized spacial score (nSPS) is 31.0. The number of fused-ring (bicyclic) bond motifs is 2. The third-order valence-corrected chi connectivity index (χ3v) is 4.21. The number of nitrogens with one attached hydrogen (secondary N) is 2. The molecule has 2 bridgehead atoms. The third-order valence-electron chi connectivity index (χ3n) is 4.21. The Kier molecular flexibility index (Phi) is 3.21. The summed E-state index contributed by atoms with van der Waals surface area (Å²) >= 11 is 0. The van der Waals surface area contributed by atoms with E-state index in [9.17, 15) is 14.7 Å². The van der Waals surface area contributed by atoms with E-state index >= 15 is 0 Å². The van der Waals surface area contributed by atoms with E-state index in [-0.39, 0.29) is 23.8 Å². The van der Waals surface area contributed by atoms with Crippen LogP contribution in [0.25, 0.3) is 0 Å².